The smallest absolute Gasteiger partial charge is 0.177 e. The summed E-state index contributed by atoms with van der Waals surface area (Å²) in [4.78, 5) is 9.19. The summed E-state index contributed by atoms with van der Waals surface area (Å²) in [5, 5.41) is 4.33. The van der Waals surface area contributed by atoms with E-state index in [1.165, 1.54) is 0 Å². The highest BCUT2D eigenvalue weighted by Gasteiger charge is 2.38. The molecular formula is C17H19N5O. The van der Waals surface area contributed by atoms with Crippen LogP contribution in [0.2, 0.25) is 0 Å². The maximum atomic E-state index is 5.44. The quantitative estimate of drug-likeness (QED) is 0.743. The minimum atomic E-state index is -0.0834. The molecule has 0 amide bonds. The Hall–Kier alpha value is -2.47. The lowest BCUT2D eigenvalue weighted by Gasteiger charge is -2.40. The van der Waals surface area contributed by atoms with E-state index in [4.69, 9.17) is 9.72 Å². The Bertz CT molecular complexity index is 817. The first-order valence-corrected chi connectivity index (χ1v) is 7.82. The van der Waals surface area contributed by atoms with E-state index in [0.29, 0.717) is 13.2 Å². The van der Waals surface area contributed by atoms with Crippen LogP contribution < -0.4 is 0 Å². The summed E-state index contributed by atoms with van der Waals surface area (Å²) in [6.07, 6.45) is 3.50. The molecule has 0 atom stereocenters. The Morgan fingerprint density at radius 1 is 1.17 bits per heavy atom. The van der Waals surface area contributed by atoms with Gasteiger partial charge in [0, 0.05) is 12.1 Å². The fourth-order valence-corrected chi connectivity index (χ4v) is 2.99. The van der Waals surface area contributed by atoms with Crippen molar-refractivity contribution in [3.8, 4) is 22.8 Å². The molecule has 0 N–H and O–H groups in total. The minimum absolute atomic E-state index is 0.0834. The molecule has 6 nitrogen and oxygen atoms in total. The van der Waals surface area contributed by atoms with Crippen LogP contribution in [-0.4, -0.2) is 37.5 Å². The minimum Gasteiger partial charge on any atom is -0.376 e. The number of ether oxygens (including phenoxy) is 1. The van der Waals surface area contributed by atoms with Crippen molar-refractivity contribution in [2.24, 2.45) is 0 Å². The fraction of sp³-hybridized carbons (Fsp3) is 0.353. The number of hydrogen-bond donors (Lipinski definition) is 0. The zero-order chi connectivity index (χ0) is 15.9. The maximum Gasteiger partial charge on any atom is 0.177 e. The number of imidazole rings is 1. The van der Waals surface area contributed by atoms with Gasteiger partial charge in [-0.3, -0.25) is 0 Å². The Morgan fingerprint density at radius 2 is 1.96 bits per heavy atom. The van der Waals surface area contributed by atoms with Crippen molar-refractivity contribution in [2.45, 2.75) is 25.9 Å². The Labute approximate surface area is 134 Å². The van der Waals surface area contributed by atoms with Crippen LogP contribution in [0.4, 0.5) is 0 Å². The van der Waals surface area contributed by atoms with Gasteiger partial charge in [0.15, 0.2) is 5.82 Å². The average molecular weight is 309 g/mol. The normalized spacial score (nSPS) is 16.3. The molecule has 0 bridgehead atoms. The molecule has 0 spiro atoms. The standard InChI is InChI=1S/C17H19N5O/c1-3-22-16(18-11-20-22)15-14(13-7-5-4-6-8-13)19-12-21(15)17(2)9-23-10-17/h4-8,11-12H,3,9-10H2,1-2H3. The average Bonchev–Trinajstić information content (AvgIpc) is 3.19. The molecule has 1 saturated heterocycles. The van der Waals surface area contributed by atoms with Crippen molar-refractivity contribution in [3.63, 3.8) is 0 Å². The van der Waals surface area contributed by atoms with Crippen LogP contribution in [-0.2, 0) is 16.8 Å². The van der Waals surface area contributed by atoms with Crippen LogP contribution in [0.3, 0.4) is 0 Å². The van der Waals surface area contributed by atoms with Gasteiger partial charge in [0.05, 0.1) is 30.8 Å². The molecule has 23 heavy (non-hydrogen) atoms. The van der Waals surface area contributed by atoms with Crippen molar-refractivity contribution in [1.29, 1.82) is 0 Å². The van der Waals surface area contributed by atoms with Gasteiger partial charge >= 0.3 is 0 Å². The van der Waals surface area contributed by atoms with Gasteiger partial charge in [0.1, 0.15) is 12.0 Å². The fourth-order valence-electron chi connectivity index (χ4n) is 2.99. The van der Waals surface area contributed by atoms with Gasteiger partial charge in [0.2, 0.25) is 0 Å². The molecule has 0 aliphatic carbocycles. The molecule has 3 aromatic rings. The third-order valence-electron chi connectivity index (χ3n) is 4.35. The molecule has 1 aliphatic heterocycles. The van der Waals surface area contributed by atoms with Gasteiger partial charge in [-0.05, 0) is 13.8 Å². The van der Waals surface area contributed by atoms with Crippen LogP contribution in [0, 0.1) is 0 Å². The van der Waals surface area contributed by atoms with Gasteiger partial charge in [-0.25, -0.2) is 14.6 Å². The van der Waals surface area contributed by atoms with Crippen molar-refractivity contribution < 1.29 is 4.74 Å². The zero-order valence-electron chi connectivity index (χ0n) is 13.3. The molecule has 0 saturated carbocycles. The molecule has 6 heteroatoms. The Morgan fingerprint density at radius 3 is 2.61 bits per heavy atom. The highest BCUT2D eigenvalue weighted by atomic mass is 16.5. The first kappa shape index (κ1) is 14.1. The monoisotopic (exact) mass is 309 g/mol. The van der Waals surface area contributed by atoms with Crippen LogP contribution in [0.15, 0.2) is 43.0 Å². The van der Waals surface area contributed by atoms with Gasteiger partial charge in [-0.1, -0.05) is 30.3 Å². The number of hydrogen-bond acceptors (Lipinski definition) is 4. The van der Waals surface area contributed by atoms with Gasteiger partial charge in [-0.15, -0.1) is 0 Å². The molecule has 0 radical (unpaired) electrons. The van der Waals surface area contributed by atoms with E-state index in [1.807, 2.05) is 29.2 Å². The van der Waals surface area contributed by atoms with E-state index in [-0.39, 0.29) is 5.54 Å². The van der Waals surface area contributed by atoms with Gasteiger partial charge in [0.25, 0.3) is 0 Å². The van der Waals surface area contributed by atoms with Crippen LogP contribution in [0.5, 0.6) is 0 Å². The highest BCUT2D eigenvalue weighted by Crippen LogP contribution is 2.36. The van der Waals surface area contributed by atoms with Crippen LogP contribution >= 0.6 is 0 Å². The summed E-state index contributed by atoms with van der Waals surface area (Å²) >= 11 is 0. The van der Waals surface area contributed by atoms with E-state index in [0.717, 1.165) is 29.3 Å². The lowest BCUT2D eigenvalue weighted by atomic mass is 9.99. The van der Waals surface area contributed by atoms with Crippen molar-refractivity contribution in [3.05, 3.63) is 43.0 Å². The first-order chi connectivity index (χ1) is 11.2. The number of aromatic nitrogens is 5. The maximum absolute atomic E-state index is 5.44. The second-order valence-electron chi connectivity index (χ2n) is 6.07. The van der Waals surface area contributed by atoms with E-state index >= 15 is 0 Å². The molecule has 1 aliphatic rings. The largest absolute Gasteiger partial charge is 0.376 e. The molecule has 3 heterocycles. The first-order valence-electron chi connectivity index (χ1n) is 7.82. The summed E-state index contributed by atoms with van der Waals surface area (Å²) < 4.78 is 9.54. The molecule has 0 unspecified atom stereocenters. The second kappa shape index (κ2) is 5.31. The molecule has 1 fully saturated rings. The second-order valence-corrected chi connectivity index (χ2v) is 6.07. The summed E-state index contributed by atoms with van der Waals surface area (Å²) in [6.45, 7) is 6.38. The third kappa shape index (κ3) is 2.17. The summed E-state index contributed by atoms with van der Waals surface area (Å²) in [5.41, 5.74) is 2.93. The predicted octanol–water partition coefficient (Wildman–Crippen LogP) is 2.57. The number of aryl methyl sites for hydroxylation is 1. The molecular weight excluding hydrogens is 290 g/mol. The van der Waals surface area contributed by atoms with E-state index in [1.54, 1.807) is 6.33 Å². The van der Waals surface area contributed by atoms with E-state index < -0.39 is 0 Å². The van der Waals surface area contributed by atoms with E-state index in [9.17, 15) is 0 Å². The molecule has 118 valence electrons. The zero-order valence-corrected chi connectivity index (χ0v) is 13.3. The van der Waals surface area contributed by atoms with Crippen molar-refractivity contribution >= 4 is 0 Å². The predicted molar refractivity (Wildman–Crippen MR) is 86.8 cm³/mol. The van der Waals surface area contributed by atoms with Crippen LogP contribution in [0.25, 0.3) is 22.8 Å². The Kier molecular flexibility index (Phi) is 3.27. The number of rotatable bonds is 4. The summed E-state index contributed by atoms with van der Waals surface area (Å²) in [6, 6.07) is 10.2. The molecule has 2 aromatic heterocycles. The van der Waals surface area contributed by atoms with Crippen LogP contribution in [0.1, 0.15) is 13.8 Å². The number of nitrogens with zero attached hydrogens (tertiary/aromatic N) is 5. The SMILES string of the molecule is CCn1ncnc1-c1c(-c2ccccc2)ncn1C1(C)COC1. The van der Waals surface area contributed by atoms with Gasteiger partial charge < -0.3 is 9.30 Å². The topological polar surface area (TPSA) is 57.8 Å². The van der Waals surface area contributed by atoms with E-state index in [2.05, 4.69) is 40.6 Å². The summed E-state index contributed by atoms with van der Waals surface area (Å²) in [7, 11) is 0. The lowest BCUT2D eigenvalue weighted by molar-refractivity contribution is -0.0889. The summed E-state index contributed by atoms with van der Waals surface area (Å²) in [5.74, 6) is 0.844. The number of benzene rings is 1. The van der Waals surface area contributed by atoms with Crippen molar-refractivity contribution in [1.82, 2.24) is 24.3 Å². The molecule has 1 aromatic carbocycles. The Balaban J connectivity index is 1.95. The molecule has 4 rings (SSSR count). The van der Waals surface area contributed by atoms with Crippen molar-refractivity contribution in [2.75, 3.05) is 13.2 Å². The van der Waals surface area contributed by atoms with Gasteiger partial charge in [-0.2, -0.15) is 5.10 Å². The highest BCUT2D eigenvalue weighted by molar-refractivity contribution is 5.75. The lowest BCUT2D eigenvalue weighted by Crippen LogP contribution is -2.49. The third-order valence-corrected chi connectivity index (χ3v) is 4.35.